The van der Waals surface area contributed by atoms with Crippen LogP contribution < -0.4 is 10.5 Å². The van der Waals surface area contributed by atoms with Gasteiger partial charge in [0.05, 0.1) is 6.61 Å². The van der Waals surface area contributed by atoms with E-state index in [2.05, 4.69) is 0 Å². The van der Waals surface area contributed by atoms with Gasteiger partial charge < -0.3 is 15.2 Å². The van der Waals surface area contributed by atoms with Crippen molar-refractivity contribution in [1.29, 1.82) is 0 Å². The zero-order valence-electron chi connectivity index (χ0n) is 8.91. The summed E-state index contributed by atoms with van der Waals surface area (Å²) in [5, 5.41) is 0. The van der Waals surface area contributed by atoms with Crippen molar-refractivity contribution in [3.05, 3.63) is 23.8 Å². The Labute approximate surface area is 84.8 Å². The zero-order chi connectivity index (χ0) is 10.6. The third kappa shape index (κ3) is 2.92. The molecule has 0 aromatic heterocycles. The number of aryl methyl sites for hydroxylation is 1. The summed E-state index contributed by atoms with van der Waals surface area (Å²) in [5.74, 6) is 0.865. The predicted molar refractivity (Wildman–Crippen MR) is 57.6 cm³/mol. The lowest BCUT2D eigenvalue weighted by atomic mass is 10.2. The highest BCUT2D eigenvalue weighted by Crippen LogP contribution is 2.21. The third-order valence-corrected chi connectivity index (χ3v) is 1.93. The van der Waals surface area contributed by atoms with Gasteiger partial charge in [0.15, 0.2) is 0 Å². The molecule has 1 aromatic carbocycles. The molecule has 2 N–H and O–H groups in total. The van der Waals surface area contributed by atoms with Gasteiger partial charge in [0.1, 0.15) is 11.9 Å². The van der Waals surface area contributed by atoms with Crippen LogP contribution in [0.3, 0.4) is 0 Å². The molecular weight excluding hydrogens is 178 g/mol. The third-order valence-electron chi connectivity index (χ3n) is 1.93. The number of hydrogen-bond donors (Lipinski definition) is 1. The van der Waals surface area contributed by atoms with Gasteiger partial charge in [0.25, 0.3) is 0 Å². The van der Waals surface area contributed by atoms with E-state index in [1.807, 2.05) is 32.0 Å². The molecule has 0 heterocycles. The van der Waals surface area contributed by atoms with E-state index in [-0.39, 0.29) is 6.10 Å². The monoisotopic (exact) mass is 195 g/mol. The number of hydrogen-bond acceptors (Lipinski definition) is 3. The fourth-order valence-electron chi connectivity index (χ4n) is 1.29. The number of nitrogens with two attached hydrogens (primary N) is 1. The largest absolute Gasteiger partial charge is 0.488 e. The first kappa shape index (κ1) is 10.9. The van der Waals surface area contributed by atoms with Gasteiger partial charge in [0, 0.05) is 12.8 Å². The molecule has 0 aliphatic carbocycles. The Bertz CT molecular complexity index is 299. The second-order valence-corrected chi connectivity index (χ2v) is 3.41. The standard InChI is InChI=1S/C11H17NO2/c1-8-6-10(12)4-5-11(8)14-9(2)7-13-3/h4-6,9H,7,12H2,1-3H3. The fraction of sp³-hybridized carbons (Fsp3) is 0.455. The molecule has 0 aliphatic rings. The molecule has 14 heavy (non-hydrogen) atoms. The molecular formula is C11H17NO2. The van der Waals surface area contributed by atoms with Crippen molar-refractivity contribution in [2.45, 2.75) is 20.0 Å². The average molecular weight is 195 g/mol. The minimum Gasteiger partial charge on any atom is -0.488 e. The first-order valence-electron chi connectivity index (χ1n) is 4.65. The van der Waals surface area contributed by atoms with Crippen LogP contribution >= 0.6 is 0 Å². The summed E-state index contributed by atoms with van der Waals surface area (Å²) in [6.45, 7) is 4.54. The molecule has 0 fully saturated rings. The normalized spacial score (nSPS) is 12.5. The SMILES string of the molecule is COCC(C)Oc1ccc(N)cc1C. The summed E-state index contributed by atoms with van der Waals surface area (Å²) in [4.78, 5) is 0. The van der Waals surface area contributed by atoms with Gasteiger partial charge in [-0.2, -0.15) is 0 Å². The number of methoxy groups -OCH3 is 1. The summed E-state index contributed by atoms with van der Waals surface area (Å²) < 4.78 is 10.6. The van der Waals surface area contributed by atoms with Crippen molar-refractivity contribution in [2.24, 2.45) is 0 Å². The first-order chi connectivity index (χ1) is 6.63. The van der Waals surface area contributed by atoms with Crippen LogP contribution in [0, 0.1) is 6.92 Å². The van der Waals surface area contributed by atoms with Crippen molar-refractivity contribution in [3.8, 4) is 5.75 Å². The molecule has 0 radical (unpaired) electrons. The highest BCUT2D eigenvalue weighted by molar-refractivity contribution is 5.47. The van der Waals surface area contributed by atoms with E-state index in [4.69, 9.17) is 15.2 Å². The van der Waals surface area contributed by atoms with E-state index in [1.165, 1.54) is 0 Å². The molecule has 0 amide bonds. The minimum atomic E-state index is 0.0577. The Balaban J connectivity index is 2.67. The summed E-state index contributed by atoms with van der Waals surface area (Å²) in [6, 6.07) is 5.62. The molecule has 1 unspecified atom stereocenters. The van der Waals surface area contributed by atoms with E-state index in [0.717, 1.165) is 17.0 Å². The van der Waals surface area contributed by atoms with Crippen molar-refractivity contribution >= 4 is 5.69 Å². The van der Waals surface area contributed by atoms with Gasteiger partial charge in [0.2, 0.25) is 0 Å². The number of ether oxygens (including phenoxy) is 2. The zero-order valence-corrected chi connectivity index (χ0v) is 8.91. The maximum absolute atomic E-state index is 5.66. The number of anilines is 1. The average Bonchev–Trinajstić information content (AvgIpc) is 2.10. The summed E-state index contributed by atoms with van der Waals surface area (Å²) in [5.41, 5.74) is 7.44. The Morgan fingerprint density at radius 2 is 2.14 bits per heavy atom. The number of nitrogen functional groups attached to an aromatic ring is 1. The maximum atomic E-state index is 5.66. The highest BCUT2D eigenvalue weighted by atomic mass is 16.5. The van der Waals surface area contributed by atoms with Crippen LogP contribution in [0.25, 0.3) is 0 Å². The minimum absolute atomic E-state index is 0.0577. The highest BCUT2D eigenvalue weighted by Gasteiger charge is 2.05. The number of rotatable bonds is 4. The second-order valence-electron chi connectivity index (χ2n) is 3.41. The van der Waals surface area contributed by atoms with E-state index in [9.17, 15) is 0 Å². The van der Waals surface area contributed by atoms with Gasteiger partial charge in [-0.25, -0.2) is 0 Å². The molecule has 78 valence electrons. The summed E-state index contributed by atoms with van der Waals surface area (Å²) in [6.07, 6.45) is 0.0577. The molecule has 0 spiro atoms. The van der Waals surface area contributed by atoms with E-state index >= 15 is 0 Å². The Morgan fingerprint density at radius 1 is 1.43 bits per heavy atom. The molecule has 0 aliphatic heterocycles. The smallest absolute Gasteiger partial charge is 0.122 e. The maximum Gasteiger partial charge on any atom is 0.122 e. The summed E-state index contributed by atoms with van der Waals surface area (Å²) >= 11 is 0. The Kier molecular flexibility index (Phi) is 3.77. The quantitative estimate of drug-likeness (QED) is 0.747. The molecule has 1 rings (SSSR count). The van der Waals surface area contributed by atoms with Crippen LogP contribution in [0.2, 0.25) is 0 Å². The van der Waals surface area contributed by atoms with Crippen molar-refractivity contribution in [1.82, 2.24) is 0 Å². The van der Waals surface area contributed by atoms with Crippen LogP contribution in [-0.2, 0) is 4.74 Å². The van der Waals surface area contributed by atoms with Crippen molar-refractivity contribution in [3.63, 3.8) is 0 Å². The second kappa shape index (κ2) is 4.86. The van der Waals surface area contributed by atoms with Crippen LogP contribution in [0.15, 0.2) is 18.2 Å². The topological polar surface area (TPSA) is 44.5 Å². The molecule has 0 bridgehead atoms. The van der Waals surface area contributed by atoms with Crippen LogP contribution in [0.4, 0.5) is 5.69 Å². The molecule has 1 atom stereocenters. The van der Waals surface area contributed by atoms with E-state index < -0.39 is 0 Å². The summed E-state index contributed by atoms with van der Waals surface area (Å²) in [7, 11) is 1.66. The van der Waals surface area contributed by atoms with Gasteiger partial charge >= 0.3 is 0 Å². The Hall–Kier alpha value is -1.22. The van der Waals surface area contributed by atoms with Gasteiger partial charge in [-0.1, -0.05) is 0 Å². The molecule has 0 saturated heterocycles. The molecule has 1 aromatic rings. The first-order valence-corrected chi connectivity index (χ1v) is 4.65. The lowest BCUT2D eigenvalue weighted by Gasteiger charge is -2.15. The van der Waals surface area contributed by atoms with Gasteiger partial charge in [-0.15, -0.1) is 0 Å². The van der Waals surface area contributed by atoms with Gasteiger partial charge in [-0.3, -0.25) is 0 Å². The molecule has 3 heteroatoms. The van der Waals surface area contributed by atoms with Crippen molar-refractivity contribution < 1.29 is 9.47 Å². The van der Waals surface area contributed by atoms with Crippen LogP contribution in [-0.4, -0.2) is 19.8 Å². The lowest BCUT2D eigenvalue weighted by molar-refractivity contribution is 0.0916. The Morgan fingerprint density at radius 3 is 2.71 bits per heavy atom. The van der Waals surface area contributed by atoms with Gasteiger partial charge in [-0.05, 0) is 37.6 Å². The molecule has 3 nitrogen and oxygen atoms in total. The van der Waals surface area contributed by atoms with Crippen molar-refractivity contribution in [2.75, 3.05) is 19.5 Å². The lowest BCUT2D eigenvalue weighted by Crippen LogP contribution is -2.18. The predicted octanol–water partition coefficient (Wildman–Crippen LogP) is 1.99. The van der Waals surface area contributed by atoms with Crippen LogP contribution in [0.5, 0.6) is 5.75 Å². The molecule has 0 saturated carbocycles. The fourth-order valence-corrected chi connectivity index (χ4v) is 1.29. The number of benzene rings is 1. The van der Waals surface area contributed by atoms with E-state index in [1.54, 1.807) is 7.11 Å². The van der Waals surface area contributed by atoms with Crippen LogP contribution in [0.1, 0.15) is 12.5 Å². The van der Waals surface area contributed by atoms with E-state index in [0.29, 0.717) is 6.61 Å².